The normalized spacial score (nSPS) is 31.1. The monoisotopic (exact) mass is 466 g/mol. The molecule has 0 aromatic heterocycles. The van der Waals surface area contributed by atoms with Crippen molar-refractivity contribution in [3.63, 3.8) is 0 Å². The minimum absolute atomic E-state index is 0.0359. The minimum atomic E-state index is 0.0359. The molecule has 0 saturated carbocycles. The second-order valence-electron chi connectivity index (χ2n) is 8.19. The fourth-order valence-corrected chi connectivity index (χ4v) is 5.65. The summed E-state index contributed by atoms with van der Waals surface area (Å²) in [6.45, 7) is 11.4. The molecule has 0 amide bonds. The average molecular weight is 466 g/mol. The standard InChI is InChI=1S/C26H27I/c1-5-18-21-11-8-9-13-23(21)26(3,4)24(18)16-17(2)19-14-15-25(27)22-12-7-6-10-20(19)22/h5-7,9-10,12-16,22,25H,2,8,11H2,1,3-4H3/b18-5-,24-16+. The molecule has 0 bridgehead atoms. The molecule has 0 N–H and O–H groups in total. The molecule has 4 rings (SSSR count). The van der Waals surface area contributed by atoms with E-state index in [1.807, 2.05) is 0 Å². The molecule has 138 valence electrons. The van der Waals surface area contributed by atoms with E-state index in [2.05, 4.69) is 111 Å². The maximum absolute atomic E-state index is 4.50. The summed E-state index contributed by atoms with van der Waals surface area (Å²) in [6.07, 6.45) is 25.1. The molecule has 0 spiro atoms. The van der Waals surface area contributed by atoms with Gasteiger partial charge < -0.3 is 0 Å². The highest BCUT2D eigenvalue weighted by Gasteiger charge is 2.39. The summed E-state index contributed by atoms with van der Waals surface area (Å²) in [5.41, 5.74) is 9.71. The van der Waals surface area contributed by atoms with E-state index in [-0.39, 0.29) is 5.41 Å². The summed E-state index contributed by atoms with van der Waals surface area (Å²) in [7, 11) is 0. The van der Waals surface area contributed by atoms with Crippen molar-refractivity contribution < 1.29 is 0 Å². The lowest BCUT2D eigenvalue weighted by Crippen LogP contribution is -2.18. The van der Waals surface area contributed by atoms with Crippen LogP contribution in [-0.2, 0) is 0 Å². The Morgan fingerprint density at radius 2 is 2.00 bits per heavy atom. The van der Waals surface area contributed by atoms with Crippen LogP contribution in [0.3, 0.4) is 0 Å². The molecule has 2 atom stereocenters. The maximum atomic E-state index is 4.50. The first-order valence-corrected chi connectivity index (χ1v) is 11.1. The van der Waals surface area contributed by atoms with Crippen LogP contribution in [0.2, 0.25) is 0 Å². The van der Waals surface area contributed by atoms with Crippen LogP contribution < -0.4 is 0 Å². The van der Waals surface area contributed by atoms with Gasteiger partial charge in [-0.25, -0.2) is 0 Å². The summed E-state index contributed by atoms with van der Waals surface area (Å²) >= 11 is 2.54. The maximum Gasteiger partial charge on any atom is 0.0396 e. The van der Waals surface area contributed by atoms with E-state index in [9.17, 15) is 0 Å². The van der Waals surface area contributed by atoms with Crippen molar-refractivity contribution in [1.82, 2.24) is 0 Å². The van der Waals surface area contributed by atoms with E-state index in [0.717, 1.165) is 18.4 Å². The summed E-state index contributed by atoms with van der Waals surface area (Å²) in [5.74, 6) is 0.456. The highest BCUT2D eigenvalue weighted by atomic mass is 127. The summed E-state index contributed by atoms with van der Waals surface area (Å²) < 4.78 is 0.510. The number of alkyl halides is 1. The van der Waals surface area contributed by atoms with Crippen LogP contribution in [0.5, 0.6) is 0 Å². The van der Waals surface area contributed by atoms with Gasteiger partial charge in [-0.2, -0.15) is 0 Å². The van der Waals surface area contributed by atoms with E-state index in [1.54, 1.807) is 0 Å². The first kappa shape index (κ1) is 18.7. The summed E-state index contributed by atoms with van der Waals surface area (Å²) in [6, 6.07) is 0. The Morgan fingerprint density at radius 1 is 1.19 bits per heavy atom. The van der Waals surface area contributed by atoms with Crippen LogP contribution in [-0.4, -0.2) is 3.92 Å². The number of fused-ring (bicyclic) bond motifs is 1. The number of allylic oxidation sites excluding steroid dienone is 17. The topological polar surface area (TPSA) is 0 Å². The van der Waals surface area contributed by atoms with Gasteiger partial charge in [0.1, 0.15) is 0 Å². The van der Waals surface area contributed by atoms with Crippen molar-refractivity contribution in [3.05, 3.63) is 106 Å². The third-order valence-electron chi connectivity index (χ3n) is 6.25. The Balaban J connectivity index is 1.77. The van der Waals surface area contributed by atoms with Gasteiger partial charge in [0.2, 0.25) is 0 Å². The average Bonchev–Trinajstić information content (AvgIpc) is 2.89. The van der Waals surface area contributed by atoms with E-state index < -0.39 is 0 Å². The zero-order valence-corrected chi connectivity index (χ0v) is 18.6. The second kappa shape index (κ2) is 7.09. The van der Waals surface area contributed by atoms with Crippen molar-refractivity contribution in [2.45, 2.75) is 37.5 Å². The first-order chi connectivity index (χ1) is 12.9. The second-order valence-corrected chi connectivity index (χ2v) is 9.62. The van der Waals surface area contributed by atoms with E-state index in [1.165, 1.54) is 33.4 Å². The van der Waals surface area contributed by atoms with Crippen LogP contribution in [0.15, 0.2) is 106 Å². The van der Waals surface area contributed by atoms with Gasteiger partial charge in [0.05, 0.1) is 0 Å². The van der Waals surface area contributed by atoms with Crippen molar-refractivity contribution >= 4 is 22.6 Å². The Kier molecular flexibility index (Phi) is 4.92. The van der Waals surface area contributed by atoms with Gasteiger partial charge in [0.15, 0.2) is 0 Å². The lowest BCUT2D eigenvalue weighted by atomic mass is 9.77. The largest absolute Gasteiger partial charge is 0.0911 e. The molecule has 2 unspecified atom stereocenters. The molecule has 4 aliphatic carbocycles. The van der Waals surface area contributed by atoms with Crippen molar-refractivity contribution in [2.75, 3.05) is 0 Å². The molecule has 0 fully saturated rings. The third-order valence-corrected chi connectivity index (χ3v) is 7.44. The van der Waals surface area contributed by atoms with E-state index in [0.29, 0.717) is 9.84 Å². The van der Waals surface area contributed by atoms with Gasteiger partial charge in [-0.1, -0.05) is 104 Å². The third kappa shape index (κ3) is 3.04. The van der Waals surface area contributed by atoms with Crippen LogP contribution in [0.4, 0.5) is 0 Å². The molecule has 0 aromatic rings. The quantitative estimate of drug-likeness (QED) is 0.292. The highest BCUT2D eigenvalue weighted by Crippen LogP contribution is 2.53. The predicted molar refractivity (Wildman–Crippen MR) is 126 cm³/mol. The van der Waals surface area contributed by atoms with Crippen molar-refractivity contribution in [3.8, 4) is 0 Å². The summed E-state index contributed by atoms with van der Waals surface area (Å²) in [5, 5.41) is 0. The van der Waals surface area contributed by atoms with Crippen LogP contribution >= 0.6 is 22.6 Å². The smallest absolute Gasteiger partial charge is 0.0396 e. The number of halogens is 1. The molecule has 27 heavy (non-hydrogen) atoms. The zero-order valence-electron chi connectivity index (χ0n) is 16.4. The number of hydrogen-bond donors (Lipinski definition) is 0. The summed E-state index contributed by atoms with van der Waals surface area (Å²) in [4.78, 5) is 0. The van der Waals surface area contributed by atoms with Gasteiger partial charge in [0, 0.05) is 15.3 Å². The molecular weight excluding hydrogens is 439 g/mol. The lowest BCUT2D eigenvalue weighted by Gasteiger charge is -2.28. The molecule has 1 heteroatoms. The highest BCUT2D eigenvalue weighted by molar-refractivity contribution is 14.1. The van der Waals surface area contributed by atoms with E-state index >= 15 is 0 Å². The molecule has 0 heterocycles. The van der Waals surface area contributed by atoms with Gasteiger partial charge in [-0.05, 0) is 58.8 Å². The molecule has 0 aliphatic heterocycles. The zero-order chi connectivity index (χ0) is 19.2. The number of rotatable bonds is 2. The predicted octanol–water partition coefficient (Wildman–Crippen LogP) is 7.51. The van der Waals surface area contributed by atoms with Gasteiger partial charge >= 0.3 is 0 Å². The molecule has 4 aliphatic rings. The fraction of sp³-hybridized carbons (Fsp3) is 0.308. The number of hydrogen-bond acceptors (Lipinski definition) is 0. The van der Waals surface area contributed by atoms with Crippen molar-refractivity contribution in [2.24, 2.45) is 11.3 Å². The fourth-order valence-electron chi connectivity index (χ4n) is 4.82. The Morgan fingerprint density at radius 3 is 2.78 bits per heavy atom. The molecule has 0 saturated heterocycles. The van der Waals surface area contributed by atoms with E-state index in [4.69, 9.17) is 0 Å². The van der Waals surface area contributed by atoms with Crippen LogP contribution in [0.25, 0.3) is 0 Å². The Hall–Kier alpha value is -1.61. The SMILES string of the molecule is C=C(/C=C1\C(=C/C)C2=C(C=CCC2)C1(C)C)C1=C2C=CC=CC2C(I)C=C1. The van der Waals surface area contributed by atoms with Gasteiger partial charge in [0.25, 0.3) is 0 Å². The molecule has 0 radical (unpaired) electrons. The Bertz CT molecular complexity index is 935. The molecular formula is C26H27I. The van der Waals surface area contributed by atoms with Gasteiger partial charge in [-0.3, -0.25) is 0 Å². The van der Waals surface area contributed by atoms with Crippen LogP contribution in [0, 0.1) is 11.3 Å². The Labute approximate surface area is 177 Å². The van der Waals surface area contributed by atoms with Crippen LogP contribution in [0.1, 0.15) is 33.6 Å². The molecule has 0 nitrogen and oxygen atoms in total. The minimum Gasteiger partial charge on any atom is -0.0911 e. The van der Waals surface area contributed by atoms with Crippen molar-refractivity contribution in [1.29, 1.82) is 0 Å². The van der Waals surface area contributed by atoms with Gasteiger partial charge in [-0.15, -0.1) is 0 Å². The molecule has 0 aromatic carbocycles. The lowest BCUT2D eigenvalue weighted by molar-refractivity contribution is 0.575. The first-order valence-electron chi connectivity index (χ1n) is 9.85.